The number of aromatic amines is 1. The van der Waals surface area contributed by atoms with Gasteiger partial charge in [0.1, 0.15) is 17.0 Å². The maximum absolute atomic E-state index is 15.6. The first kappa shape index (κ1) is 26.9. The van der Waals surface area contributed by atoms with Crippen molar-refractivity contribution in [2.24, 2.45) is 5.41 Å². The molecule has 37 heavy (non-hydrogen) atoms. The molecule has 1 saturated heterocycles. The summed E-state index contributed by atoms with van der Waals surface area (Å²) in [6.07, 6.45) is 0.371. The molecule has 0 radical (unpaired) electrons. The number of hydrogen-bond acceptors (Lipinski definition) is 6. The third kappa shape index (κ3) is 5.17. The minimum Gasteiger partial charge on any atom is -0.347 e. The molecule has 2 unspecified atom stereocenters. The molecular formula is C25H25Cl2F2N7O. The van der Waals surface area contributed by atoms with Crippen molar-refractivity contribution < 1.29 is 13.6 Å². The maximum atomic E-state index is 15.6. The number of nitriles is 1. The molecule has 4 rings (SSSR count). The van der Waals surface area contributed by atoms with Crippen molar-refractivity contribution in [1.29, 1.82) is 5.26 Å². The Kier molecular flexibility index (Phi) is 7.51. The highest BCUT2D eigenvalue weighted by atomic mass is 35.5. The molecule has 4 atom stereocenters. The predicted octanol–water partition coefficient (Wildman–Crippen LogP) is 4.42. The first-order valence-electron chi connectivity index (χ1n) is 11.5. The first-order chi connectivity index (χ1) is 17.5. The minimum atomic E-state index is -1.69. The summed E-state index contributed by atoms with van der Waals surface area (Å²) in [4.78, 5) is 13.6. The molecule has 0 saturated carbocycles. The second-order valence-corrected chi connectivity index (χ2v) is 11.1. The maximum Gasteiger partial charge on any atom is 0.238 e. The molecule has 1 aromatic heterocycles. The van der Waals surface area contributed by atoms with Gasteiger partial charge in [0.2, 0.25) is 5.91 Å². The van der Waals surface area contributed by atoms with Crippen LogP contribution < -0.4 is 10.6 Å². The van der Waals surface area contributed by atoms with E-state index >= 15 is 8.78 Å². The fourth-order valence-corrected chi connectivity index (χ4v) is 5.43. The van der Waals surface area contributed by atoms with Gasteiger partial charge in [0.15, 0.2) is 5.82 Å². The normalized spacial score (nSPS) is 23.6. The van der Waals surface area contributed by atoms with Gasteiger partial charge in [-0.05, 0) is 35.6 Å². The summed E-state index contributed by atoms with van der Waals surface area (Å²) in [7, 11) is 0. The number of carbonyl (C=O) groups is 1. The van der Waals surface area contributed by atoms with Gasteiger partial charge >= 0.3 is 0 Å². The number of H-pyrrole nitrogens is 1. The Balaban J connectivity index is 1.92. The number of nitrogens with one attached hydrogen (secondary N) is 3. The number of rotatable bonds is 6. The average molecular weight is 548 g/mol. The van der Waals surface area contributed by atoms with Crippen LogP contribution in [0, 0.1) is 28.4 Å². The number of benzene rings is 2. The van der Waals surface area contributed by atoms with E-state index in [9.17, 15) is 10.1 Å². The third-order valence-corrected chi connectivity index (χ3v) is 7.07. The van der Waals surface area contributed by atoms with Gasteiger partial charge < -0.3 is 10.6 Å². The zero-order valence-corrected chi connectivity index (χ0v) is 21.8. The van der Waals surface area contributed by atoms with Crippen LogP contribution in [-0.4, -0.2) is 38.6 Å². The Hall–Kier alpha value is -3.13. The molecule has 2 heterocycles. The zero-order chi connectivity index (χ0) is 27.0. The van der Waals surface area contributed by atoms with Gasteiger partial charge in [0, 0.05) is 22.5 Å². The number of nitrogens with zero attached hydrogens (tertiary/aromatic N) is 4. The Morgan fingerprint density at radius 1 is 1.24 bits per heavy atom. The number of hydrogen-bond donors (Lipinski definition) is 3. The van der Waals surface area contributed by atoms with E-state index in [0.29, 0.717) is 6.42 Å². The summed E-state index contributed by atoms with van der Waals surface area (Å²) in [6, 6.07) is 8.82. The molecule has 1 amide bonds. The Morgan fingerprint density at radius 3 is 2.62 bits per heavy atom. The van der Waals surface area contributed by atoms with Gasteiger partial charge in [-0.15, -0.1) is 10.2 Å². The van der Waals surface area contributed by atoms with Crippen molar-refractivity contribution in [1.82, 2.24) is 31.3 Å². The lowest BCUT2D eigenvalue weighted by Crippen LogP contribution is -2.45. The van der Waals surface area contributed by atoms with Crippen LogP contribution in [-0.2, 0) is 16.8 Å². The molecule has 3 aromatic rings. The lowest BCUT2D eigenvalue weighted by atomic mass is 9.62. The van der Waals surface area contributed by atoms with Crippen LogP contribution in [0.1, 0.15) is 50.1 Å². The van der Waals surface area contributed by atoms with Crippen LogP contribution in [0.3, 0.4) is 0 Å². The van der Waals surface area contributed by atoms with Crippen LogP contribution in [0.2, 0.25) is 10.0 Å². The van der Waals surface area contributed by atoms with E-state index in [-0.39, 0.29) is 39.0 Å². The highest BCUT2D eigenvalue weighted by Gasteiger charge is 2.61. The molecule has 0 spiro atoms. The largest absolute Gasteiger partial charge is 0.347 e. The Labute approximate surface area is 222 Å². The molecule has 12 heteroatoms. The van der Waals surface area contributed by atoms with Crippen LogP contribution in [0.25, 0.3) is 0 Å². The van der Waals surface area contributed by atoms with E-state index in [1.807, 2.05) is 20.8 Å². The van der Waals surface area contributed by atoms with E-state index in [2.05, 4.69) is 37.3 Å². The van der Waals surface area contributed by atoms with E-state index < -0.39 is 41.0 Å². The molecule has 2 aromatic carbocycles. The third-order valence-electron chi connectivity index (χ3n) is 6.54. The molecule has 1 aliphatic rings. The van der Waals surface area contributed by atoms with Crippen molar-refractivity contribution in [2.45, 2.75) is 57.2 Å². The number of amides is 1. The van der Waals surface area contributed by atoms with Crippen molar-refractivity contribution in [3.63, 3.8) is 0 Å². The predicted molar refractivity (Wildman–Crippen MR) is 134 cm³/mol. The summed E-state index contributed by atoms with van der Waals surface area (Å²) >= 11 is 12.2. The highest BCUT2D eigenvalue weighted by molar-refractivity contribution is 6.31. The van der Waals surface area contributed by atoms with Crippen LogP contribution in [0.5, 0.6) is 0 Å². The van der Waals surface area contributed by atoms with Crippen molar-refractivity contribution in [3.8, 4) is 6.07 Å². The molecule has 1 fully saturated rings. The fourth-order valence-electron chi connectivity index (χ4n) is 5.09. The summed E-state index contributed by atoms with van der Waals surface area (Å²) in [5, 5.41) is 30.1. The second-order valence-electron chi connectivity index (χ2n) is 10.2. The van der Waals surface area contributed by atoms with Crippen molar-refractivity contribution >= 4 is 29.1 Å². The Morgan fingerprint density at radius 2 is 2.00 bits per heavy atom. The topological polar surface area (TPSA) is 119 Å². The molecule has 0 bridgehead atoms. The molecular weight excluding hydrogens is 523 g/mol. The highest BCUT2D eigenvalue weighted by Crippen LogP contribution is 2.52. The lowest BCUT2D eigenvalue weighted by Gasteiger charge is -2.37. The quantitative estimate of drug-likeness (QED) is 0.420. The average Bonchev–Trinajstić information content (AvgIpc) is 3.45. The van der Waals surface area contributed by atoms with E-state index in [1.165, 1.54) is 30.3 Å². The van der Waals surface area contributed by atoms with Gasteiger partial charge in [0.25, 0.3) is 0 Å². The van der Waals surface area contributed by atoms with Gasteiger partial charge in [-0.1, -0.05) is 67.4 Å². The number of tetrazole rings is 1. The van der Waals surface area contributed by atoms with Gasteiger partial charge in [0.05, 0.1) is 23.7 Å². The minimum absolute atomic E-state index is 0.0130. The van der Waals surface area contributed by atoms with E-state index in [1.54, 1.807) is 0 Å². The second kappa shape index (κ2) is 10.3. The van der Waals surface area contributed by atoms with E-state index in [4.69, 9.17) is 23.2 Å². The lowest BCUT2D eigenvalue weighted by molar-refractivity contribution is -0.123. The molecule has 3 N–H and O–H groups in total. The monoisotopic (exact) mass is 547 g/mol. The molecule has 1 aliphatic heterocycles. The SMILES string of the molecule is CC(C)(C)CC1N[C@@H](C(=O)NCc2nn[nH]n2)C(c2cccc(Cl)c2F)[C@@]1(C#N)c1ccc(Cl)cc1F. The number of carbonyl (C=O) groups excluding carboxylic acids is 1. The van der Waals surface area contributed by atoms with Crippen molar-refractivity contribution in [3.05, 3.63) is 75.0 Å². The number of halogens is 4. The fraction of sp³-hybridized carbons (Fsp3) is 0.400. The van der Waals surface area contributed by atoms with Gasteiger partial charge in [-0.25, -0.2) is 8.78 Å². The summed E-state index contributed by atoms with van der Waals surface area (Å²) < 4.78 is 31.1. The van der Waals surface area contributed by atoms with Crippen molar-refractivity contribution in [2.75, 3.05) is 0 Å². The first-order valence-corrected chi connectivity index (χ1v) is 12.3. The smallest absolute Gasteiger partial charge is 0.238 e. The number of aromatic nitrogens is 4. The van der Waals surface area contributed by atoms with Crippen LogP contribution in [0.15, 0.2) is 36.4 Å². The van der Waals surface area contributed by atoms with Gasteiger partial charge in [-0.2, -0.15) is 10.5 Å². The summed E-state index contributed by atoms with van der Waals surface area (Å²) in [5.74, 6) is -2.96. The molecule has 8 nitrogen and oxygen atoms in total. The standard InChI is InChI=1S/C25H25Cl2F2N7O/c1-24(2,3)10-18-25(12-30,15-8-7-13(26)9-17(15)28)20(14-5-4-6-16(27)21(14)29)22(32-18)23(37)31-11-19-33-35-36-34-19/h4-9,18,20,22,32H,10-11H2,1-3H3,(H,31,37)(H,33,34,35,36)/t18?,20?,22-,25+/m1/s1. The molecule has 194 valence electrons. The zero-order valence-electron chi connectivity index (χ0n) is 20.3. The summed E-state index contributed by atoms with van der Waals surface area (Å²) in [5.41, 5.74) is -2.00. The van der Waals surface area contributed by atoms with Crippen LogP contribution in [0.4, 0.5) is 8.78 Å². The molecule has 0 aliphatic carbocycles. The summed E-state index contributed by atoms with van der Waals surface area (Å²) in [6.45, 7) is 5.84. The van der Waals surface area contributed by atoms with Gasteiger partial charge in [-0.3, -0.25) is 4.79 Å². The Bertz CT molecular complexity index is 1340. The van der Waals surface area contributed by atoms with Crippen LogP contribution >= 0.6 is 23.2 Å². The van der Waals surface area contributed by atoms with E-state index in [0.717, 1.165) is 6.07 Å².